The molecule has 0 saturated heterocycles. The van der Waals surface area contributed by atoms with E-state index in [9.17, 15) is 24.0 Å². The number of pyridine rings is 5. The minimum Gasteiger partial charge on any atom is -0.512 e. The Balaban J connectivity index is 0.000000709. The average Bonchev–Trinajstić information content (AvgIpc) is 0.804. The second-order valence-electron chi connectivity index (χ2n) is 27.7. The van der Waals surface area contributed by atoms with Crippen LogP contribution in [0.1, 0.15) is 97.1 Å². The number of carbonyl (C=O) groups is 5. The summed E-state index contributed by atoms with van der Waals surface area (Å²) in [7, 11) is 0. The van der Waals surface area contributed by atoms with Gasteiger partial charge < -0.3 is 25.5 Å². The molecule has 20 heteroatoms. The van der Waals surface area contributed by atoms with Gasteiger partial charge in [-0.15, -0.1) is 178 Å². The molecule has 15 aromatic rings. The maximum absolute atomic E-state index is 10.0. The van der Waals surface area contributed by atoms with Crippen LogP contribution in [0.4, 0.5) is 0 Å². The Bertz CT molecular complexity index is 5940. The number of allylic oxidation sites excluding steroid dienone is 10. The molecule has 0 amide bonds. The van der Waals surface area contributed by atoms with Crippen LogP contribution in [-0.4, -0.2) is 79.4 Å². The van der Waals surface area contributed by atoms with Crippen molar-refractivity contribution in [2.45, 2.75) is 104 Å². The Morgan fingerprint density at radius 2 is 0.568 bits per heavy atom. The second kappa shape index (κ2) is 59.4. The first-order valence-electron chi connectivity index (χ1n) is 38.4. The van der Waals surface area contributed by atoms with Crippen LogP contribution in [0.5, 0.6) is 0 Å². The Hall–Kier alpha value is -11.5. The Morgan fingerprint density at radius 3 is 0.984 bits per heavy atom. The van der Waals surface area contributed by atoms with Crippen molar-refractivity contribution in [3.8, 4) is 56.3 Å². The maximum atomic E-state index is 10.0. The van der Waals surface area contributed by atoms with Gasteiger partial charge in [0.05, 0.1) is 56.4 Å². The minimum atomic E-state index is -0.125. The van der Waals surface area contributed by atoms with E-state index < -0.39 is 0 Å². The van der Waals surface area contributed by atoms with Crippen LogP contribution in [0.15, 0.2) is 332 Å². The van der Waals surface area contributed by atoms with Gasteiger partial charge in [0.2, 0.25) is 0 Å². The van der Waals surface area contributed by atoms with Crippen molar-refractivity contribution in [1.29, 1.82) is 0 Å². The van der Waals surface area contributed by atoms with Crippen molar-refractivity contribution in [3.05, 3.63) is 390 Å². The Kier molecular flexibility index (Phi) is 53.0. The van der Waals surface area contributed by atoms with E-state index in [-0.39, 0.29) is 158 Å². The number of aliphatic hydroxyl groups is 5. The molecular weight excluding hydrogens is 2450 g/mol. The standard InChI is InChI=1S/5C16H12N.5C5H8O2.5Ir/c1-12-6-2-4-8-14(12)16-11-10-13-7-3-5-9-15(13)17-16;1-12-5-4-7-14(11-12)16-10-9-13-6-2-3-8-15(13)17-16;1-12-11-16(13-7-3-2-4-8-13)17-15-10-6-5-9-14(12)15;1-12-7-9-16-14(11-12)8-10-15(17-16)13-5-3-2-4-6-13;1-12-7-8-14-9-10-15(17-16(14)11-12)13-5-3-2-4-6-13;5*1-4(6)3-5(2)7;;;;;/h2-7,9-11H,1H3;2-6,8-11H,1H3;2-7,9-11H,1H3;2*2-5,7-11H,1H3;5*3,6H,1-2H3;;;;;/q5*-1;;;;;;;;;;. The van der Waals surface area contributed by atoms with Crippen LogP contribution in [-0.2, 0) is 124 Å². The summed E-state index contributed by atoms with van der Waals surface area (Å²) < 4.78 is 0. The number of nitrogens with zero attached hydrogens (tertiary/aromatic N) is 5. The van der Waals surface area contributed by atoms with Gasteiger partial charge in [0.25, 0.3) is 0 Å². The molecule has 0 spiro atoms. The van der Waals surface area contributed by atoms with Gasteiger partial charge in [-0.25, -0.2) is 0 Å². The Labute approximate surface area is 801 Å². The zero-order valence-electron chi connectivity index (χ0n) is 72.0. The summed E-state index contributed by atoms with van der Waals surface area (Å²) >= 11 is 0. The van der Waals surface area contributed by atoms with Crippen LogP contribution < -0.4 is 0 Å². The third-order valence-corrected chi connectivity index (χ3v) is 16.4. The molecule has 5 N–H and O–H groups in total. The van der Waals surface area contributed by atoms with Crippen molar-refractivity contribution in [3.63, 3.8) is 0 Å². The molecule has 5 radical (unpaired) electrons. The van der Waals surface area contributed by atoms with E-state index >= 15 is 0 Å². The molecule has 0 bridgehead atoms. The number of carbonyl (C=O) groups excluding carboxylic acids is 5. The number of aryl methyl sites for hydroxylation is 5. The van der Waals surface area contributed by atoms with E-state index in [2.05, 4.69) is 199 Å². The molecule has 0 unspecified atom stereocenters. The normalized spacial score (nSPS) is 10.4. The summed E-state index contributed by atoms with van der Waals surface area (Å²) in [6.07, 6.45) is 5.83. The van der Waals surface area contributed by atoms with E-state index in [1.54, 1.807) is 0 Å². The molecule has 10 aromatic carbocycles. The predicted octanol–water partition coefficient (Wildman–Crippen LogP) is 25.2. The van der Waals surface area contributed by atoms with E-state index in [4.69, 9.17) is 25.5 Å². The van der Waals surface area contributed by atoms with Crippen LogP contribution in [0, 0.1) is 65.0 Å². The summed E-state index contributed by atoms with van der Waals surface area (Å²) in [5.41, 5.74) is 21.5. The first kappa shape index (κ1) is 112. The van der Waals surface area contributed by atoms with Crippen molar-refractivity contribution < 1.29 is 150 Å². The quantitative estimate of drug-likeness (QED) is 0.0485. The van der Waals surface area contributed by atoms with Gasteiger partial charge in [0.15, 0.2) is 28.9 Å². The van der Waals surface area contributed by atoms with Gasteiger partial charge in [-0.05, 0) is 188 Å². The van der Waals surface area contributed by atoms with Crippen LogP contribution in [0.3, 0.4) is 0 Å². The molecule has 0 aliphatic heterocycles. The first-order chi connectivity index (χ1) is 57.3. The zero-order chi connectivity index (χ0) is 87.6. The number of hydrogen-bond donors (Lipinski definition) is 5. The van der Waals surface area contributed by atoms with Crippen LogP contribution >= 0.6 is 0 Å². The van der Waals surface area contributed by atoms with Crippen molar-refractivity contribution in [1.82, 2.24) is 24.9 Å². The number of aromatic nitrogens is 5. The molecule has 655 valence electrons. The smallest absolute Gasteiger partial charge is 0.155 e. The van der Waals surface area contributed by atoms with Gasteiger partial charge in [0, 0.05) is 136 Å². The first-order valence-corrected chi connectivity index (χ1v) is 38.4. The van der Waals surface area contributed by atoms with E-state index in [0.717, 1.165) is 83.9 Å². The van der Waals surface area contributed by atoms with E-state index in [1.165, 1.54) is 154 Å². The van der Waals surface area contributed by atoms with Crippen LogP contribution in [0.2, 0.25) is 0 Å². The number of benzene rings is 10. The van der Waals surface area contributed by atoms with Gasteiger partial charge in [-0.2, -0.15) is 0 Å². The van der Waals surface area contributed by atoms with Gasteiger partial charge >= 0.3 is 0 Å². The molecule has 0 aliphatic rings. The van der Waals surface area contributed by atoms with Crippen molar-refractivity contribution >= 4 is 83.4 Å². The monoisotopic (exact) mass is 2560 g/mol. The average molecular weight is 2550 g/mol. The zero-order valence-corrected chi connectivity index (χ0v) is 84.0. The fourth-order valence-corrected chi connectivity index (χ4v) is 11.3. The minimum absolute atomic E-state index is 0. The molecule has 15 nitrogen and oxygen atoms in total. The Morgan fingerprint density at radius 1 is 0.248 bits per heavy atom. The second-order valence-corrected chi connectivity index (χ2v) is 27.7. The SMILES string of the molecule is CC(=O)C=C(C)O.CC(=O)C=C(C)O.CC(=O)C=C(C)O.CC(=O)C=C(C)O.CC(=O)C=C(C)O.Cc1cc(-c2[c-]cccc2)nc2ccccc12.Cc1cc[c-]c(-c2ccc3ccccc3n2)c1.Cc1ccc2ccc(-c3[c-]cccc3)nc2c1.Cc1ccc2nc(-c3[c-]cccc3)ccc2c1.Cc1ccc[c-]c1-c1ccc2ccccc2n1.[Ir].[Ir].[Ir].[Ir].[Ir]. The van der Waals surface area contributed by atoms with Gasteiger partial charge in [0.1, 0.15) is 0 Å². The topological polar surface area (TPSA) is 251 Å². The molecule has 0 aliphatic carbocycles. The molecule has 125 heavy (non-hydrogen) atoms. The molecule has 0 saturated carbocycles. The molecule has 5 heterocycles. The summed E-state index contributed by atoms with van der Waals surface area (Å²) in [4.78, 5) is 73.4. The number of fused-ring (bicyclic) bond motifs is 5. The third kappa shape index (κ3) is 42.2. The molecular formula is C105H100Ir5N5O10-5. The molecule has 0 fully saturated rings. The summed E-state index contributed by atoms with van der Waals surface area (Å²) in [6.45, 7) is 24.7. The molecule has 0 atom stereocenters. The van der Waals surface area contributed by atoms with Gasteiger partial charge in [-0.1, -0.05) is 147 Å². The third-order valence-electron chi connectivity index (χ3n) is 16.4. The number of ketones is 5. The molecule has 5 aromatic heterocycles. The van der Waals surface area contributed by atoms with Crippen LogP contribution in [0.25, 0.3) is 111 Å². The van der Waals surface area contributed by atoms with Crippen molar-refractivity contribution in [2.24, 2.45) is 0 Å². The largest absolute Gasteiger partial charge is 0.512 e. The van der Waals surface area contributed by atoms with E-state index in [0.29, 0.717) is 0 Å². The van der Waals surface area contributed by atoms with Gasteiger partial charge in [-0.3, -0.25) is 48.9 Å². The maximum Gasteiger partial charge on any atom is 0.155 e. The molecule has 15 rings (SSSR count). The fraction of sp³-hybridized carbons (Fsp3) is 0.143. The van der Waals surface area contributed by atoms with E-state index in [1.807, 2.05) is 164 Å². The number of rotatable bonds is 10. The summed E-state index contributed by atoms with van der Waals surface area (Å²) in [6, 6.07) is 108. The summed E-state index contributed by atoms with van der Waals surface area (Å²) in [5, 5.41) is 47.7. The number of hydrogen-bond acceptors (Lipinski definition) is 15. The predicted molar refractivity (Wildman–Crippen MR) is 489 cm³/mol. The fourth-order valence-electron chi connectivity index (χ4n) is 11.3. The number of para-hydroxylation sites is 3. The van der Waals surface area contributed by atoms with Crippen molar-refractivity contribution in [2.75, 3.05) is 0 Å². The summed E-state index contributed by atoms with van der Waals surface area (Å²) in [5.74, 6) is -0.312. The number of aliphatic hydroxyl groups excluding tert-OH is 5.